The molecule has 1 aromatic heterocycles. The van der Waals surface area contributed by atoms with Gasteiger partial charge < -0.3 is 14.7 Å². The number of hydrogen-bond donors (Lipinski definition) is 1. The minimum absolute atomic E-state index is 0.326. The average molecular weight is 381 g/mol. The van der Waals surface area contributed by atoms with E-state index in [2.05, 4.69) is 11.2 Å². The van der Waals surface area contributed by atoms with Crippen LogP contribution in [0.3, 0.4) is 0 Å². The van der Waals surface area contributed by atoms with Crippen LogP contribution in [-0.4, -0.2) is 46.1 Å². The van der Waals surface area contributed by atoms with E-state index in [1.54, 1.807) is 16.8 Å². The van der Waals surface area contributed by atoms with Crippen LogP contribution in [-0.2, 0) is 7.05 Å². The lowest BCUT2D eigenvalue weighted by atomic mass is 9.99. The first-order valence-corrected chi connectivity index (χ1v) is 8.96. The van der Waals surface area contributed by atoms with Gasteiger partial charge in [-0.15, -0.1) is 0 Å². The van der Waals surface area contributed by atoms with E-state index in [0.29, 0.717) is 41.9 Å². The van der Waals surface area contributed by atoms with Gasteiger partial charge in [-0.3, -0.25) is 4.68 Å². The van der Waals surface area contributed by atoms with Crippen molar-refractivity contribution in [3.63, 3.8) is 0 Å². The van der Waals surface area contributed by atoms with Crippen LogP contribution in [0.2, 0.25) is 0 Å². The van der Waals surface area contributed by atoms with Crippen LogP contribution >= 0.6 is 0 Å². The van der Waals surface area contributed by atoms with Gasteiger partial charge in [0.05, 0.1) is 30.4 Å². The molecule has 7 heteroatoms. The highest BCUT2D eigenvalue weighted by molar-refractivity contribution is 5.94. The summed E-state index contributed by atoms with van der Waals surface area (Å²) >= 11 is 0. The highest BCUT2D eigenvalue weighted by atomic mass is 19.1. The molecule has 4 rings (SSSR count). The van der Waals surface area contributed by atoms with Crippen molar-refractivity contribution in [3.05, 3.63) is 54.0 Å². The molecule has 1 amide bonds. The van der Waals surface area contributed by atoms with Crippen molar-refractivity contribution in [2.24, 2.45) is 7.05 Å². The molecule has 3 aromatic rings. The highest BCUT2D eigenvalue weighted by Crippen LogP contribution is 2.36. The largest absolute Gasteiger partial charge is 0.496 e. The Morgan fingerprint density at radius 1 is 1.29 bits per heavy atom. The van der Waals surface area contributed by atoms with Crippen molar-refractivity contribution in [3.8, 4) is 16.9 Å². The summed E-state index contributed by atoms with van der Waals surface area (Å²) in [4.78, 5) is 12.7. The zero-order valence-corrected chi connectivity index (χ0v) is 15.6. The quantitative estimate of drug-likeness (QED) is 0.740. The van der Waals surface area contributed by atoms with Crippen LogP contribution in [0.25, 0.3) is 27.6 Å². The van der Waals surface area contributed by atoms with E-state index >= 15 is 0 Å². The van der Waals surface area contributed by atoms with Gasteiger partial charge in [0.25, 0.3) is 0 Å². The Balaban J connectivity index is 1.81. The summed E-state index contributed by atoms with van der Waals surface area (Å²) in [5.41, 5.74) is 3.60. The molecule has 0 unspecified atom stereocenters. The SMILES string of the molecule is COc1cccc(F)c1-c1ccc2c(C3=CCCN(C(=O)O)C3)n(C)nc2c1. The predicted molar refractivity (Wildman–Crippen MR) is 105 cm³/mol. The fraction of sp³-hybridized carbons (Fsp3) is 0.238. The molecule has 0 saturated carbocycles. The fourth-order valence-corrected chi connectivity index (χ4v) is 3.77. The van der Waals surface area contributed by atoms with E-state index < -0.39 is 6.09 Å². The number of aryl methyl sites for hydroxylation is 1. The zero-order chi connectivity index (χ0) is 19.8. The number of amides is 1. The van der Waals surface area contributed by atoms with Gasteiger partial charge in [0, 0.05) is 19.0 Å². The van der Waals surface area contributed by atoms with Crippen molar-refractivity contribution < 1.29 is 19.0 Å². The molecule has 0 radical (unpaired) electrons. The lowest BCUT2D eigenvalue weighted by molar-refractivity contribution is 0.150. The van der Waals surface area contributed by atoms with Crippen molar-refractivity contribution in [2.45, 2.75) is 6.42 Å². The lowest BCUT2D eigenvalue weighted by Gasteiger charge is -2.24. The third-order valence-electron chi connectivity index (χ3n) is 5.04. The Hall–Kier alpha value is -3.35. The molecule has 1 N–H and O–H groups in total. The standard InChI is InChI=1S/C21H20FN3O3/c1-24-20(14-5-4-10-25(12-14)21(26)27)15-9-8-13(11-17(15)23-24)19-16(22)6-3-7-18(19)28-2/h3,5-9,11H,4,10,12H2,1-2H3,(H,26,27). The van der Waals surface area contributed by atoms with Crippen LogP contribution in [0.4, 0.5) is 9.18 Å². The first kappa shape index (κ1) is 18.0. The molecule has 144 valence electrons. The van der Waals surface area contributed by atoms with Crippen molar-refractivity contribution >= 4 is 22.6 Å². The van der Waals surface area contributed by atoms with Crippen LogP contribution in [0.5, 0.6) is 5.75 Å². The topological polar surface area (TPSA) is 67.6 Å². The first-order valence-electron chi connectivity index (χ1n) is 8.96. The molecule has 2 aromatic carbocycles. The van der Waals surface area contributed by atoms with Crippen LogP contribution in [0, 0.1) is 5.82 Å². The molecular weight excluding hydrogens is 361 g/mol. The molecule has 6 nitrogen and oxygen atoms in total. The zero-order valence-electron chi connectivity index (χ0n) is 15.6. The molecule has 2 heterocycles. The molecule has 1 aliphatic rings. The molecular formula is C21H20FN3O3. The second-order valence-corrected chi connectivity index (χ2v) is 6.74. The Morgan fingerprint density at radius 3 is 2.86 bits per heavy atom. The number of halogens is 1. The predicted octanol–water partition coefficient (Wildman–Crippen LogP) is 4.16. The summed E-state index contributed by atoms with van der Waals surface area (Å²) in [5.74, 6) is 0.101. The number of ether oxygens (including phenoxy) is 1. The van der Waals surface area contributed by atoms with E-state index in [0.717, 1.165) is 16.7 Å². The Morgan fingerprint density at radius 2 is 2.11 bits per heavy atom. The number of fused-ring (bicyclic) bond motifs is 1. The van der Waals surface area contributed by atoms with E-state index in [9.17, 15) is 14.3 Å². The van der Waals surface area contributed by atoms with E-state index in [1.807, 2.05) is 25.2 Å². The van der Waals surface area contributed by atoms with Crippen LogP contribution in [0.1, 0.15) is 12.1 Å². The summed E-state index contributed by atoms with van der Waals surface area (Å²) < 4.78 is 21.5. The Kier molecular flexibility index (Phi) is 4.50. The summed E-state index contributed by atoms with van der Waals surface area (Å²) in [6, 6.07) is 10.3. The second kappa shape index (κ2) is 6.99. The summed E-state index contributed by atoms with van der Waals surface area (Å²) in [5, 5.41) is 14.8. The number of methoxy groups -OCH3 is 1. The van der Waals surface area contributed by atoms with Gasteiger partial charge in [-0.2, -0.15) is 5.10 Å². The van der Waals surface area contributed by atoms with E-state index in [-0.39, 0.29) is 5.82 Å². The van der Waals surface area contributed by atoms with Crippen LogP contribution < -0.4 is 4.74 Å². The number of benzene rings is 2. The molecule has 0 aliphatic carbocycles. The number of aromatic nitrogens is 2. The fourth-order valence-electron chi connectivity index (χ4n) is 3.77. The maximum atomic E-state index is 14.4. The number of nitrogens with zero attached hydrogens (tertiary/aromatic N) is 3. The lowest BCUT2D eigenvalue weighted by Crippen LogP contribution is -2.34. The van der Waals surface area contributed by atoms with Gasteiger partial charge in [-0.25, -0.2) is 9.18 Å². The van der Waals surface area contributed by atoms with Gasteiger partial charge in [-0.05, 0) is 41.8 Å². The third-order valence-corrected chi connectivity index (χ3v) is 5.04. The highest BCUT2D eigenvalue weighted by Gasteiger charge is 2.22. The van der Waals surface area contributed by atoms with E-state index in [1.165, 1.54) is 18.1 Å². The molecule has 1 aliphatic heterocycles. The molecule has 0 atom stereocenters. The third kappa shape index (κ3) is 2.98. The normalized spacial score (nSPS) is 14.2. The monoisotopic (exact) mass is 381 g/mol. The molecule has 0 fully saturated rings. The average Bonchev–Trinajstić information content (AvgIpc) is 3.02. The minimum atomic E-state index is -0.925. The van der Waals surface area contributed by atoms with Crippen molar-refractivity contribution in [1.29, 1.82) is 0 Å². The Labute approximate surface area is 161 Å². The summed E-state index contributed by atoms with van der Waals surface area (Å²) in [7, 11) is 3.35. The second-order valence-electron chi connectivity index (χ2n) is 6.74. The maximum absolute atomic E-state index is 14.4. The number of rotatable bonds is 3. The van der Waals surface area contributed by atoms with Gasteiger partial charge in [0.2, 0.25) is 0 Å². The van der Waals surface area contributed by atoms with Crippen molar-refractivity contribution in [2.75, 3.05) is 20.2 Å². The first-order chi connectivity index (χ1) is 13.5. The number of carbonyl (C=O) groups is 1. The minimum Gasteiger partial charge on any atom is -0.496 e. The molecule has 0 saturated heterocycles. The Bertz CT molecular complexity index is 1100. The van der Waals surface area contributed by atoms with E-state index in [4.69, 9.17) is 4.74 Å². The van der Waals surface area contributed by atoms with Crippen LogP contribution in [0.15, 0.2) is 42.5 Å². The smallest absolute Gasteiger partial charge is 0.407 e. The number of hydrogen-bond acceptors (Lipinski definition) is 3. The molecule has 0 bridgehead atoms. The van der Waals surface area contributed by atoms with Crippen molar-refractivity contribution in [1.82, 2.24) is 14.7 Å². The van der Waals surface area contributed by atoms with Gasteiger partial charge in [0.1, 0.15) is 11.6 Å². The van der Waals surface area contributed by atoms with Gasteiger partial charge in [0.15, 0.2) is 0 Å². The number of carboxylic acid groups (broad SMARTS) is 1. The van der Waals surface area contributed by atoms with Gasteiger partial charge >= 0.3 is 6.09 Å². The molecule has 0 spiro atoms. The summed E-state index contributed by atoms with van der Waals surface area (Å²) in [6.45, 7) is 0.818. The molecule has 28 heavy (non-hydrogen) atoms. The summed E-state index contributed by atoms with van der Waals surface area (Å²) in [6.07, 6.45) is 1.80. The maximum Gasteiger partial charge on any atom is 0.407 e. The van der Waals surface area contributed by atoms with Gasteiger partial charge in [-0.1, -0.05) is 18.2 Å².